The molecule has 8 nitrogen and oxygen atoms in total. The van der Waals surface area contributed by atoms with Crippen molar-refractivity contribution in [3.8, 4) is 5.69 Å². The number of halogens is 3. The molecule has 156 valence electrons. The van der Waals surface area contributed by atoms with Crippen LogP contribution in [-0.2, 0) is 10.9 Å². The maximum Gasteiger partial charge on any atom is 0.416 e. The highest BCUT2D eigenvalue weighted by molar-refractivity contribution is 6.16. The van der Waals surface area contributed by atoms with Crippen LogP contribution < -0.4 is 0 Å². The summed E-state index contributed by atoms with van der Waals surface area (Å²) in [5, 5.41) is 11.4. The fourth-order valence-electron chi connectivity index (χ4n) is 3.03. The Morgan fingerprint density at radius 3 is 2.53 bits per heavy atom. The highest BCUT2D eigenvalue weighted by Crippen LogP contribution is 2.43. The van der Waals surface area contributed by atoms with Crippen molar-refractivity contribution in [1.82, 2.24) is 20.2 Å². The van der Waals surface area contributed by atoms with Crippen LogP contribution in [0.25, 0.3) is 5.69 Å². The van der Waals surface area contributed by atoms with Gasteiger partial charge in [0.05, 0.1) is 35.8 Å². The van der Waals surface area contributed by atoms with E-state index in [0.717, 1.165) is 35.8 Å². The molecule has 1 aromatic carbocycles. The molecule has 0 bridgehead atoms. The largest absolute Gasteiger partial charge is 0.461 e. The highest BCUT2D eigenvalue weighted by Gasteiger charge is 2.39. The lowest BCUT2D eigenvalue weighted by Gasteiger charge is -2.12. The zero-order valence-electron chi connectivity index (χ0n) is 15.6. The van der Waals surface area contributed by atoms with Gasteiger partial charge in [0.15, 0.2) is 5.76 Å². The lowest BCUT2D eigenvalue weighted by molar-refractivity contribution is -0.137. The van der Waals surface area contributed by atoms with E-state index in [0.29, 0.717) is 0 Å². The quantitative estimate of drug-likeness (QED) is 0.444. The van der Waals surface area contributed by atoms with Gasteiger partial charge in [-0.2, -0.15) is 28.2 Å². The number of carbonyl (C=O) groups is 2. The number of benzene rings is 1. The van der Waals surface area contributed by atoms with E-state index in [4.69, 9.17) is 9.26 Å². The first-order valence-electron chi connectivity index (χ1n) is 9.10. The molecule has 0 atom stereocenters. The van der Waals surface area contributed by atoms with Gasteiger partial charge in [-0.1, -0.05) is 5.16 Å². The van der Waals surface area contributed by atoms with Crippen molar-refractivity contribution in [2.24, 2.45) is 0 Å². The second-order valence-corrected chi connectivity index (χ2v) is 6.64. The summed E-state index contributed by atoms with van der Waals surface area (Å²) >= 11 is 0. The molecule has 30 heavy (non-hydrogen) atoms. The maximum absolute atomic E-state index is 13.4. The number of hydrogen-bond acceptors (Lipinski definition) is 7. The normalized spacial score (nSPS) is 14.0. The summed E-state index contributed by atoms with van der Waals surface area (Å²) in [6, 6.07) is 2.60. The van der Waals surface area contributed by atoms with Crippen LogP contribution in [0, 0.1) is 0 Å². The molecule has 0 aliphatic heterocycles. The van der Waals surface area contributed by atoms with E-state index in [-0.39, 0.29) is 40.8 Å². The Hall–Kier alpha value is -3.50. The molecule has 4 rings (SSSR count). The molecule has 0 radical (unpaired) electrons. The lowest BCUT2D eigenvalue weighted by Crippen LogP contribution is -2.16. The minimum absolute atomic E-state index is 0.0564. The Morgan fingerprint density at radius 1 is 1.23 bits per heavy atom. The van der Waals surface area contributed by atoms with Gasteiger partial charge < -0.3 is 9.26 Å². The molecule has 0 N–H and O–H groups in total. The van der Waals surface area contributed by atoms with Crippen LogP contribution in [0.15, 0.2) is 35.1 Å². The first-order valence-corrected chi connectivity index (χ1v) is 9.10. The van der Waals surface area contributed by atoms with Crippen molar-refractivity contribution in [3.63, 3.8) is 0 Å². The Balaban J connectivity index is 1.86. The molecule has 11 heteroatoms. The summed E-state index contributed by atoms with van der Waals surface area (Å²) in [6.45, 7) is 1.65. The van der Waals surface area contributed by atoms with Gasteiger partial charge in [0.2, 0.25) is 11.5 Å². The molecular weight excluding hydrogens is 405 g/mol. The van der Waals surface area contributed by atoms with Crippen LogP contribution in [0.2, 0.25) is 0 Å². The maximum atomic E-state index is 13.4. The molecule has 3 aromatic rings. The van der Waals surface area contributed by atoms with Gasteiger partial charge in [-0.3, -0.25) is 4.79 Å². The fourth-order valence-corrected chi connectivity index (χ4v) is 3.03. The van der Waals surface area contributed by atoms with Crippen LogP contribution in [0.4, 0.5) is 13.2 Å². The van der Waals surface area contributed by atoms with E-state index >= 15 is 0 Å². The summed E-state index contributed by atoms with van der Waals surface area (Å²) < 4.78 is 49.9. The van der Waals surface area contributed by atoms with Gasteiger partial charge in [-0.05, 0) is 38.0 Å². The number of rotatable bonds is 6. The minimum Gasteiger partial charge on any atom is -0.461 e. The van der Waals surface area contributed by atoms with Crippen LogP contribution in [-0.4, -0.2) is 38.5 Å². The van der Waals surface area contributed by atoms with Crippen LogP contribution in [0.3, 0.4) is 0 Å². The van der Waals surface area contributed by atoms with Crippen molar-refractivity contribution in [2.45, 2.75) is 31.9 Å². The summed E-state index contributed by atoms with van der Waals surface area (Å²) in [5.74, 6) is -1.42. The monoisotopic (exact) mass is 420 g/mol. The summed E-state index contributed by atoms with van der Waals surface area (Å²) in [4.78, 5) is 26.6. The standard InChI is InChI=1S/C19H15F3N4O4/c1-2-29-18(28)15-14(17(30-25-15)10-3-4-10)16(27)12-6-5-11(19(20,21)22)9-13(12)26-23-7-8-24-26/h5-10H,2-4H2,1H3. The van der Waals surface area contributed by atoms with E-state index in [2.05, 4.69) is 15.4 Å². The minimum atomic E-state index is -4.63. The molecule has 1 saturated carbocycles. The van der Waals surface area contributed by atoms with Gasteiger partial charge in [0.1, 0.15) is 5.56 Å². The van der Waals surface area contributed by atoms with Gasteiger partial charge in [0, 0.05) is 5.92 Å². The SMILES string of the molecule is CCOC(=O)c1noc(C2CC2)c1C(=O)c1ccc(C(F)(F)F)cc1-n1nccn1. The first-order chi connectivity index (χ1) is 14.3. The number of aromatic nitrogens is 4. The number of hydrogen-bond donors (Lipinski definition) is 0. The Labute approximate surface area is 167 Å². The third kappa shape index (κ3) is 3.58. The van der Waals surface area contributed by atoms with E-state index in [1.165, 1.54) is 12.4 Å². The number of nitrogens with zero attached hydrogens (tertiary/aromatic N) is 4. The van der Waals surface area contributed by atoms with Gasteiger partial charge in [0.25, 0.3) is 0 Å². The van der Waals surface area contributed by atoms with Crippen molar-refractivity contribution < 1.29 is 32.0 Å². The molecule has 0 spiro atoms. The Morgan fingerprint density at radius 2 is 1.93 bits per heavy atom. The third-order valence-electron chi connectivity index (χ3n) is 4.57. The topological polar surface area (TPSA) is 100 Å². The van der Waals surface area contributed by atoms with Gasteiger partial charge in [-0.15, -0.1) is 0 Å². The molecule has 2 heterocycles. The second-order valence-electron chi connectivity index (χ2n) is 6.64. The molecule has 0 amide bonds. The van der Waals surface area contributed by atoms with E-state index in [1.807, 2.05) is 0 Å². The van der Waals surface area contributed by atoms with Gasteiger partial charge >= 0.3 is 12.1 Å². The molecule has 1 aliphatic carbocycles. The first kappa shape index (κ1) is 19.8. The molecule has 2 aromatic heterocycles. The highest BCUT2D eigenvalue weighted by atomic mass is 19.4. The number of ketones is 1. The smallest absolute Gasteiger partial charge is 0.416 e. The lowest BCUT2D eigenvalue weighted by atomic mass is 9.97. The number of carbonyl (C=O) groups excluding carboxylic acids is 2. The van der Waals surface area contributed by atoms with E-state index in [9.17, 15) is 22.8 Å². The Bertz CT molecular complexity index is 1100. The molecular formula is C19H15F3N4O4. The van der Waals surface area contributed by atoms with Crippen molar-refractivity contribution in [1.29, 1.82) is 0 Å². The Kier molecular flexibility index (Phi) is 4.88. The predicted octanol–water partition coefficient (Wildman–Crippen LogP) is 3.56. The molecule has 1 aliphatic rings. The number of ether oxygens (including phenoxy) is 1. The van der Waals surface area contributed by atoms with Crippen molar-refractivity contribution in [3.05, 3.63) is 58.7 Å². The van der Waals surface area contributed by atoms with Crippen LogP contribution >= 0.6 is 0 Å². The second kappa shape index (κ2) is 7.39. The van der Waals surface area contributed by atoms with Crippen molar-refractivity contribution >= 4 is 11.8 Å². The van der Waals surface area contributed by atoms with E-state index in [1.54, 1.807) is 6.92 Å². The molecule has 1 fully saturated rings. The fraction of sp³-hybridized carbons (Fsp3) is 0.316. The van der Waals surface area contributed by atoms with Crippen LogP contribution in [0.1, 0.15) is 63.4 Å². The van der Waals surface area contributed by atoms with E-state index < -0.39 is 23.5 Å². The number of alkyl halides is 3. The third-order valence-corrected chi connectivity index (χ3v) is 4.57. The average molecular weight is 420 g/mol. The molecule has 0 unspecified atom stereocenters. The summed E-state index contributed by atoms with van der Waals surface area (Å²) in [6.07, 6.45) is -0.590. The zero-order valence-corrected chi connectivity index (χ0v) is 15.6. The summed E-state index contributed by atoms with van der Waals surface area (Å²) in [5.41, 5.74) is -1.69. The average Bonchev–Trinajstić information content (AvgIpc) is 3.23. The molecule has 0 saturated heterocycles. The number of esters is 1. The predicted molar refractivity (Wildman–Crippen MR) is 94.2 cm³/mol. The van der Waals surface area contributed by atoms with Crippen LogP contribution in [0.5, 0.6) is 0 Å². The summed E-state index contributed by atoms with van der Waals surface area (Å²) in [7, 11) is 0. The zero-order chi connectivity index (χ0) is 21.5. The van der Waals surface area contributed by atoms with Crippen molar-refractivity contribution in [2.75, 3.05) is 6.61 Å². The van der Waals surface area contributed by atoms with Gasteiger partial charge in [-0.25, -0.2) is 4.79 Å².